The molecule has 2 rings (SSSR count). The van der Waals surface area contributed by atoms with Gasteiger partial charge in [0.15, 0.2) is 5.78 Å². The summed E-state index contributed by atoms with van der Waals surface area (Å²) >= 11 is 11.8. The first-order valence-corrected chi connectivity index (χ1v) is 7.08. The predicted octanol–water partition coefficient (Wildman–Crippen LogP) is 3.98. The lowest BCUT2D eigenvalue weighted by atomic mass is 10.1. The third-order valence-corrected chi connectivity index (χ3v) is 3.49. The first kappa shape index (κ1) is 16.8. The molecule has 0 bridgehead atoms. The van der Waals surface area contributed by atoms with Gasteiger partial charge in [0.2, 0.25) is 0 Å². The third-order valence-electron chi connectivity index (χ3n) is 2.92. The number of halogens is 4. The van der Waals surface area contributed by atoms with Gasteiger partial charge in [0, 0.05) is 25.0 Å². The summed E-state index contributed by atoms with van der Waals surface area (Å²) in [6, 6.07) is 3.23. The maximum Gasteiger partial charge on any atom is 0.179 e. The van der Waals surface area contributed by atoms with Crippen molar-refractivity contribution in [2.24, 2.45) is 0 Å². The summed E-state index contributed by atoms with van der Waals surface area (Å²) in [5.41, 5.74) is 0.621. The van der Waals surface area contributed by atoms with Crippen molar-refractivity contribution in [2.75, 3.05) is 13.6 Å². The van der Waals surface area contributed by atoms with Gasteiger partial charge in [0.05, 0.1) is 22.2 Å². The maximum atomic E-state index is 13.1. The van der Waals surface area contributed by atoms with Crippen molar-refractivity contribution in [3.63, 3.8) is 0 Å². The van der Waals surface area contributed by atoms with Crippen LogP contribution in [-0.2, 0) is 6.54 Å². The van der Waals surface area contributed by atoms with Gasteiger partial charge < -0.3 is 0 Å². The molecule has 1 aromatic carbocycles. The minimum absolute atomic E-state index is 0.00157. The molecule has 0 aliphatic carbocycles. The SMILES string of the molecule is CN(CC(=O)c1c(Cl)cncc1Cl)Cc1cc(F)cc(F)c1. The number of hydrogen-bond donors (Lipinski definition) is 0. The number of ketones is 1. The molecule has 22 heavy (non-hydrogen) atoms. The molecule has 0 N–H and O–H groups in total. The van der Waals surface area contributed by atoms with Crippen molar-refractivity contribution in [1.29, 1.82) is 0 Å². The number of nitrogens with zero attached hydrogens (tertiary/aromatic N) is 2. The average molecular weight is 345 g/mol. The summed E-state index contributed by atoms with van der Waals surface area (Å²) in [5.74, 6) is -1.61. The molecule has 0 unspecified atom stereocenters. The Balaban J connectivity index is 2.08. The fourth-order valence-corrected chi connectivity index (χ4v) is 2.65. The van der Waals surface area contributed by atoms with Crippen molar-refractivity contribution in [2.45, 2.75) is 6.54 Å². The second kappa shape index (κ2) is 7.13. The van der Waals surface area contributed by atoms with Crippen molar-refractivity contribution >= 4 is 29.0 Å². The summed E-state index contributed by atoms with van der Waals surface area (Å²) in [6.07, 6.45) is 2.67. The van der Waals surface area contributed by atoms with E-state index in [4.69, 9.17) is 23.2 Å². The number of aromatic nitrogens is 1. The van der Waals surface area contributed by atoms with E-state index >= 15 is 0 Å². The first-order valence-electron chi connectivity index (χ1n) is 6.32. The van der Waals surface area contributed by atoms with Crippen LogP contribution in [0.4, 0.5) is 8.78 Å². The van der Waals surface area contributed by atoms with Gasteiger partial charge in [-0.2, -0.15) is 0 Å². The molecule has 0 aliphatic rings. The highest BCUT2D eigenvalue weighted by Gasteiger charge is 2.17. The van der Waals surface area contributed by atoms with E-state index in [0.29, 0.717) is 5.56 Å². The Morgan fingerprint density at radius 3 is 2.23 bits per heavy atom. The molecule has 7 heteroatoms. The molecule has 0 aliphatic heterocycles. The Morgan fingerprint density at radius 2 is 1.68 bits per heavy atom. The normalized spacial score (nSPS) is 11.0. The molecule has 116 valence electrons. The van der Waals surface area contributed by atoms with Gasteiger partial charge in [-0.15, -0.1) is 0 Å². The van der Waals surface area contributed by atoms with Crippen LogP contribution < -0.4 is 0 Å². The van der Waals surface area contributed by atoms with Crippen LogP contribution in [0.3, 0.4) is 0 Å². The highest BCUT2D eigenvalue weighted by atomic mass is 35.5. The average Bonchev–Trinajstić information content (AvgIpc) is 2.36. The fraction of sp³-hybridized carbons (Fsp3) is 0.200. The second-order valence-electron chi connectivity index (χ2n) is 4.85. The Bertz CT molecular complexity index is 669. The van der Waals surface area contributed by atoms with Crippen LogP contribution in [0.2, 0.25) is 10.0 Å². The smallest absolute Gasteiger partial charge is 0.179 e. The number of pyridine rings is 1. The number of carbonyl (C=O) groups excluding carboxylic acids is 1. The maximum absolute atomic E-state index is 13.1. The highest BCUT2D eigenvalue weighted by Crippen LogP contribution is 2.23. The topological polar surface area (TPSA) is 33.2 Å². The summed E-state index contributed by atoms with van der Waals surface area (Å²) in [4.78, 5) is 17.6. The monoisotopic (exact) mass is 344 g/mol. The van der Waals surface area contributed by atoms with Crippen LogP contribution in [0.25, 0.3) is 0 Å². The summed E-state index contributed by atoms with van der Waals surface area (Å²) in [7, 11) is 1.66. The lowest BCUT2D eigenvalue weighted by Crippen LogP contribution is -2.26. The lowest BCUT2D eigenvalue weighted by molar-refractivity contribution is 0.0943. The van der Waals surface area contributed by atoms with Gasteiger partial charge >= 0.3 is 0 Å². The van der Waals surface area contributed by atoms with Gasteiger partial charge in [-0.05, 0) is 24.7 Å². The minimum atomic E-state index is -0.657. The molecule has 0 radical (unpaired) electrons. The molecule has 3 nitrogen and oxygen atoms in total. The zero-order valence-corrected chi connectivity index (χ0v) is 13.1. The van der Waals surface area contributed by atoms with E-state index in [9.17, 15) is 13.6 Å². The molecular weight excluding hydrogens is 333 g/mol. The van der Waals surface area contributed by atoms with Crippen LogP contribution in [0, 0.1) is 11.6 Å². The number of likely N-dealkylation sites (N-methyl/N-ethyl adjacent to an activating group) is 1. The number of benzene rings is 1. The van der Waals surface area contributed by atoms with Crippen LogP contribution in [0.1, 0.15) is 15.9 Å². The number of Topliss-reactive ketones (excluding diaryl/α,β-unsaturated/α-hetero) is 1. The third kappa shape index (κ3) is 4.22. The standard InChI is InChI=1S/C15H12Cl2F2N2O/c1-21(7-9-2-10(18)4-11(19)3-9)8-14(22)15-12(16)5-20-6-13(15)17/h2-6H,7-8H2,1H3. The Labute approximate surface area is 136 Å². The number of rotatable bonds is 5. The molecule has 0 saturated heterocycles. The first-order chi connectivity index (χ1) is 10.4. The predicted molar refractivity (Wildman–Crippen MR) is 81.3 cm³/mol. The number of hydrogen-bond acceptors (Lipinski definition) is 3. The Morgan fingerprint density at radius 1 is 1.14 bits per heavy atom. The fourth-order valence-electron chi connectivity index (χ4n) is 2.07. The molecule has 0 fully saturated rings. The zero-order chi connectivity index (χ0) is 16.3. The molecule has 0 atom stereocenters. The number of carbonyl (C=O) groups is 1. The molecule has 1 aromatic heterocycles. The van der Waals surface area contributed by atoms with E-state index in [1.165, 1.54) is 24.5 Å². The molecule has 0 amide bonds. The van der Waals surface area contributed by atoms with Crippen molar-refractivity contribution < 1.29 is 13.6 Å². The van der Waals surface area contributed by atoms with E-state index < -0.39 is 11.6 Å². The molecule has 1 heterocycles. The van der Waals surface area contributed by atoms with E-state index in [-0.39, 0.29) is 34.5 Å². The van der Waals surface area contributed by atoms with Crippen molar-refractivity contribution in [1.82, 2.24) is 9.88 Å². The van der Waals surface area contributed by atoms with E-state index in [0.717, 1.165) is 6.07 Å². The van der Waals surface area contributed by atoms with Gasteiger partial charge in [0.25, 0.3) is 0 Å². The van der Waals surface area contributed by atoms with E-state index in [1.54, 1.807) is 11.9 Å². The van der Waals surface area contributed by atoms with Crippen LogP contribution in [0.15, 0.2) is 30.6 Å². The molecule has 0 saturated carbocycles. The Hall–Kier alpha value is -1.56. The van der Waals surface area contributed by atoms with Gasteiger partial charge in [-0.1, -0.05) is 23.2 Å². The largest absolute Gasteiger partial charge is 0.295 e. The molecular formula is C15H12Cl2F2N2O. The van der Waals surface area contributed by atoms with Gasteiger partial charge in [-0.3, -0.25) is 14.7 Å². The van der Waals surface area contributed by atoms with E-state index in [1.807, 2.05) is 0 Å². The van der Waals surface area contributed by atoms with Crippen molar-refractivity contribution in [3.8, 4) is 0 Å². The second-order valence-corrected chi connectivity index (χ2v) is 5.67. The quantitative estimate of drug-likeness (QED) is 0.769. The summed E-state index contributed by atoms with van der Waals surface area (Å²) < 4.78 is 26.3. The minimum Gasteiger partial charge on any atom is -0.295 e. The summed E-state index contributed by atoms with van der Waals surface area (Å²) in [5, 5.41) is 0.338. The van der Waals surface area contributed by atoms with Crippen LogP contribution in [0.5, 0.6) is 0 Å². The molecule has 0 spiro atoms. The Kier molecular flexibility index (Phi) is 5.45. The van der Waals surface area contributed by atoms with Crippen LogP contribution in [-0.4, -0.2) is 29.3 Å². The van der Waals surface area contributed by atoms with Crippen molar-refractivity contribution in [3.05, 3.63) is 63.4 Å². The summed E-state index contributed by atoms with van der Waals surface area (Å²) in [6.45, 7) is 0.211. The van der Waals surface area contributed by atoms with E-state index in [2.05, 4.69) is 4.98 Å². The van der Waals surface area contributed by atoms with Gasteiger partial charge in [-0.25, -0.2) is 8.78 Å². The zero-order valence-electron chi connectivity index (χ0n) is 11.6. The van der Waals surface area contributed by atoms with Crippen LogP contribution >= 0.6 is 23.2 Å². The highest BCUT2D eigenvalue weighted by molar-refractivity contribution is 6.39. The molecule has 2 aromatic rings. The lowest BCUT2D eigenvalue weighted by Gasteiger charge is -2.16. The van der Waals surface area contributed by atoms with Gasteiger partial charge in [0.1, 0.15) is 11.6 Å².